The second-order valence-corrected chi connectivity index (χ2v) is 8.74. The monoisotopic (exact) mass is 582 g/mol. The van der Waals surface area contributed by atoms with Gasteiger partial charge in [-0.15, -0.1) is 6.58 Å². The van der Waals surface area contributed by atoms with Crippen LogP contribution in [0.25, 0.3) is 6.08 Å². The van der Waals surface area contributed by atoms with Gasteiger partial charge in [0.05, 0.1) is 11.6 Å². The Bertz CT molecular complexity index is 1100. The summed E-state index contributed by atoms with van der Waals surface area (Å²) in [5.41, 5.74) is 1.44. The minimum Gasteiger partial charge on any atom is -0.490 e. The van der Waals surface area contributed by atoms with Crippen LogP contribution in [0.4, 0.5) is 0 Å². The molecule has 1 fully saturated rings. The third kappa shape index (κ3) is 5.67. The summed E-state index contributed by atoms with van der Waals surface area (Å²) < 4.78 is 12.8. The van der Waals surface area contributed by atoms with Crippen LogP contribution in [-0.2, 0) is 16.2 Å². The molecule has 32 heavy (non-hydrogen) atoms. The van der Waals surface area contributed by atoms with Crippen LogP contribution in [0.5, 0.6) is 11.5 Å². The Morgan fingerprint density at radius 1 is 1.22 bits per heavy atom. The number of carbonyl (C=O) groups excluding carboxylic acids is 2. The quantitative estimate of drug-likeness (QED) is 0.160. The molecular formula is C23H20ClIN2O4S. The molecule has 1 saturated heterocycles. The second-order valence-electron chi connectivity index (χ2n) is 6.70. The van der Waals surface area contributed by atoms with Crippen LogP contribution in [0.3, 0.4) is 0 Å². The molecule has 0 aliphatic carbocycles. The molecule has 0 unspecified atom stereocenters. The standard InChI is InChI=1S/C23H20ClIN2O4S/c1-3-9-27-22(29)17(21(28)26-23(27)32)10-15-11-18(24)20(19(12-15)30-4-2)31-13-14-5-7-16(25)8-6-14/h3,5-8,10-12H,1,4,9,13H2,2H3,(H,26,28,32)/b17-10+. The van der Waals surface area contributed by atoms with E-state index in [0.29, 0.717) is 35.3 Å². The smallest absolute Gasteiger partial charge is 0.265 e. The molecule has 0 spiro atoms. The van der Waals surface area contributed by atoms with Gasteiger partial charge in [-0.1, -0.05) is 29.8 Å². The van der Waals surface area contributed by atoms with Crippen LogP contribution in [0.2, 0.25) is 5.02 Å². The van der Waals surface area contributed by atoms with Crippen molar-refractivity contribution in [3.05, 3.63) is 74.3 Å². The van der Waals surface area contributed by atoms with E-state index in [4.69, 9.17) is 33.3 Å². The van der Waals surface area contributed by atoms with E-state index in [1.807, 2.05) is 31.2 Å². The van der Waals surface area contributed by atoms with E-state index in [-0.39, 0.29) is 17.2 Å². The minimum atomic E-state index is -0.576. The molecule has 0 atom stereocenters. The number of halogens is 2. The fourth-order valence-corrected chi connectivity index (χ4v) is 3.85. The highest BCUT2D eigenvalue weighted by atomic mass is 127. The summed E-state index contributed by atoms with van der Waals surface area (Å²) in [7, 11) is 0. The number of ether oxygens (including phenoxy) is 2. The first-order valence-electron chi connectivity index (χ1n) is 9.67. The number of hydrogen-bond donors (Lipinski definition) is 1. The number of carbonyl (C=O) groups is 2. The van der Waals surface area contributed by atoms with Gasteiger partial charge < -0.3 is 9.47 Å². The summed E-state index contributed by atoms with van der Waals surface area (Å²) >= 11 is 13.8. The molecule has 1 aliphatic rings. The molecule has 166 valence electrons. The molecule has 1 N–H and O–H groups in total. The summed E-state index contributed by atoms with van der Waals surface area (Å²) in [4.78, 5) is 26.4. The van der Waals surface area contributed by atoms with Gasteiger partial charge in [0.15, 0.2) is 16.6 Å². The lowest BCUT2D eigenvalue weighted by Gasteiger charge is -2.27. The third-order valence-electron chi connectivity index (χ3n) is 4.44. The van der Waals surface area contributed by atoms with Crippen molar-refractivity contribution in [3.63, 3.8) is 0 Å². The number of benzene rings is 2. The summed E-state index contributed by atoms with van der Waals surface area (Å²) in [5, 5.41) is 2.86. The predicted molar refractivity (Wildman–Crippen MR) is 137 cm³/mol. The Labute approximate surface area is 210 Å². The van der Waals surface area contributed by atoms with Crippen molar-refractivity contribution < 1.29 is 19.1 Å². The van der Waals surface area contributed by atoms with Crippen LogP contribution in [0, 0.1) is 3.57 Å². The molecule has 1 heterocycles. The van der Waals surface area contributed by atoms with E-state index in [0.717, 1.165) is 9.13 Å². The van der Waals surface area contributed by atoms with Gasteiger partial charge in [-0.25, -0.2) is 0 Å². The third-order valence-corrected chi connectivity index (χ3v) is 5.76. The lowest BCUT2D eigenvalue weighted by molar-refractivity contribution is -0.128. The van der Waals surface area contributed by atoms with E-state index in [2.05, 4.69) is 34.5 Å². The Morgan fingerprint density at radius 2 is 1.94 bits per heavy atom. The Balaban J connectivity index is 1.91. The fraction of sp³-hybridized carbons (Fsp3) is 0.174. The molecule has 0 radical (unpaired) electrons. The van der Waals surface area contributed by atoms with Crippen LogP contribution in [-0.4, -0.2) is 35.0 Å². The highest BCUT2D eigenvalue weighted by Crippen LogP contribution is 2.38. The molecule has 2 aromatic carbocycles. The number of amides is 2. The maximum Gasteiger partial charge on any atom is 0.265 e. The molecule has 1 aliphatic heterocycles. The second kappa shape index (κ2) is 10.9. The highest BCUT2D eigenvalue weighted by molar-refractivity contribution is 14.1. The first kappa shape index (κ1) is 24.2. The molecule has 0 saturated carbocycles. The van der Waals surface area contributed by atoms with Gasteiger partial charge in [-0.05, 0) is 83.2 Å². The van der Waals surface area contributed by atoms with Crippen LogP contribution < -0.4 is 14.8 Å². The van der Waals surface area contributed by atoms with Crippen molar-refractivity contribution in [2.45, 2.75) is 13.5 Å². The molecule has 6 nitrogen and oxygen atoms in total. The molecule has 0 bridgehead atoms. The minimum absolute atomic E-state index is 0.0458. The van der Waals surface area contributed by atoms with Gasteiger partial charge in [-0.2, -0.15) is 0 Å². The van der Waals surface area contributed by atoms with Crippen molar-refractivity contribution in [1.29, 1.82) is 0 Å². The first-order valence-corrected chi connectivity index (χ1v) is 11.5. The zero-order valence-electron chi connectivity index (χ0n) is 17.2. The van der Waals surface area contributed by atoms with Crippen LogP contribution in [0.1, 0.15) is 18.1 Å². The van der Waals surface area contributed by atoms with Crippen molar-refractivity contribution in [1.82, 2.24) is 10.2 Å². The number of rotatable bonds is 8. The lowest BCUT2D eigenvalue weighted by atomic mass is 10.1. The van der Waals surface area contributed by atoms with Crippen LogP contribution >= 0.6 is 46.4 Å². The van der Waals surface area contributed by atoms with Gasteiger partial charge in [0.25, 0.3) is 11.8 Å². The van der Waals surface area contributed by atoms with Gasteiger partial charge in [0.2, 0.25) is 0 Å². The van der Waals surface area contributed by atoms with E-state index >= 15 is 0 Å². The molecule has 9 heteroatoms. The summed E-state index contributed by atoms with van der Waals surface area (Å²) in [6.45, 7) is 6.34. The number of nitrogens with one attached hydrogen (secondary N) is 1. The predicted octanol–water partition coefficient (Wildman–Crippen LogP) is 4.74. The topological polar surface area (TPSA) is 67.9 Å². The van der Waals surface area contributed by atoms with E-state index in [1.165, 1.54) is 17.1 Å². The molecule has 2 aromatic rings. The average molecular weight is 583 g/mol. The van der Waals surface area contributed by atoms with E-state index < -0.39 is 11.8 Å². The van der Waals surface area contributed by atoms with Gasteiger partial charge in [-0.3, -0.25) is 19.8 Å². The maximum absolute atomic E-state index is 12.8. The Kier molecular flexibility index (Phi) is 8.27. The fourth-order valence-electron chi connectivity index (χ4n) is 2.97. The summed E-state index contributed by atoms with van der Waals surface area (Å²) in [5.74, 6) is -0.275. The highest BCUT2D eigenvalue weighted by Gasteiger charge is 2.32. The average Bonchev–Trinajstić information content (AvgIpc) is 2.75. The van der Waals surface area contributed by atoms with Crippen molar-refractivity contribution in [2.24, 2.45) is 0 Å². The molecule has 3 rings (SSSR count). The van der Waals surface area contributed by atoms with Gasteiger partial charge in [0.1, 0.15) is 12.2 Å². The van der Waals surface area contributed by atoms with E-state index in [9.17, 15) is 9.59 Å². The number of nitrogens with zero attached hydrogens (tertiary/aromatic N) is 1. The van der Waals surface area contributed by atoms with Gasteiger partial charge in [0, 0.05) is 10.1 Å². The zero-order chi connectivity index (χ0) is 23.3. The zero-order valence-corrected chi connectivity index (χ0v) is 20.9. The Morgan fingerprint density at radius 3 is 2.59 bits per heavy atom. The van der Waals surface area contributed by atoms with Crippen molar-refractivity contribution >= 4 is 69.4 Å². The lowest BCUT2D eigenvalue weighted by Crippen LogP contribution is -2.53. The van der Waals surface area contributed by atoms with Gasteiger partial charge >= 0.3 is 0 Å². The van der Waals surface area contributed by atoms with Crippen LogP contribution in [0.15, 0.2) is 54.6 Å². The largest absolute Gasteiger partial charge is 0.490 e. The summed E-state index contributed by atoms with van der Waals surface area (Å²) in [6.07, 6.45) is 2.98. The summed E-state index contributed by atoms with van der Waals surface area (Å²) in [6, 6.07) is 11.2. The molecule has 2 amide bonds. The van der Waals surface area contributed by atoms with Crippen molar-refractivity contribution in [3.8, 4) is 11.5 Å². The van der Waals surface area contributed by atoms with E-state index in [1.54, 1.807) is 12.1 Å². The Hall–Kier alpha value is -2.43. The molecular weight excluding hydrogens is 563 g/mol. The number of thiocarbonyl (C=S) groups is 1. The van der Waals surface area contributed by atoms with Crippen molar-refractivity contribution in [2.75, 3.05) is 13.2 Å². The maximum atomic E-state index is 12.8. The molecule has 0 aromatic heterocycles. The number of hydrogen-bond acceptors (Lipinski definition) is 5. The first-order chi connectivity index (χ1) is 15.3. The SMILES string of the molecule is C=CCN1C(=O)/C(=C/c2cc(Cl)c(OCc3ccc(I)cc3)c(OCC)c2)C(=O)NC1=S. The normalized spacial score (nSPS) is 15.0.